The van der Waals surface area contributed by atoms with E-state index >= 15 is 0 Å². The summed E-state index contributed by atoms with van der Waals surface area (Å²) < 4.78 is 0. The lowest BCUT2D eigenvalue weighted by Gasteiger charge is -2.27. The third-order valence-electron chi connectivity index (χ3n) is 3.94. The maximum atomic E-state index is 4.53. The van der Waals surface area contributed by atoms with E-state index in [1.807, 2.05) is 24.0 Å². The van der Waals surface area contributed by atoms with Gasteiger partial charge in [0.1, 0.15) is 0 Å². The van der Waals surface area contributed by atoms with Crippen LogP contribution in [-0.4, -0.2) is 10.7 Å². The SMILES string of the molecule is c1ccc2c(c1)CSCC2Nc1cccc2cccnc12. The molecule has 3 aromatic rings. The lowest BCUT2D eigenvalue weighted by Crippen LogP contribution is -2.18. The summed E-state index contributed by atoms with van der Waals surface area (Å²) in [5.74, 6) is 2.21. The molecule has 0 bridgehead atoms. The average molecular weight is 292 g/mol. The Balaban J connectivity index is 1.73. The van der Waals surface area contributed by atoms with E-state index in [1.54, 1.807) is 0 Å². The molecule has 21 heavy (non-hydrogen) atoms. The molecule has 2 heterocycles. The van der Waals surface area contributed by atoms with E-state index in [4.69, 9.17) is 0 Å². The lowest BCUT2D eigenvalue weighted by atomic mass is 10.0. The summed E-state index contributed by atoms with van der Waals surface area (Å²) in [7, 11) is 0. The quantitative estimate of drug-likeness (QED) is 0.745. The minimum atomic E-state index is 0.354. The van der Waals surface area contributed by atoms with E-state index < -0.39 is 0 Å². The highest BCUT2D eigenvalue weighted by molar-refractivity contribution is 7.98. The molecule has 4 rings (SSSR count). The fourth-order valence-electron chi connectivity index (χ4n) is 2.91. The van der Waals surface area contributed by atoms with Gasteiger partial charge in [-0.15, -0.1) is 0 Å². The standard InChI is InChI=1S/C18H16N2S/c1-2-8-15-14(5-1)11-21-12-17(15)20-16-9-3-6-13-7-4-10-19-18(13)16/h1-10,17,20H,11-12H2. The fourth-order valence-corrected chi connectivity index (χ4v) is 4.01. The predicted molar refractivity (Wildman–Crippen MR) is 90.7 cm³/mol. The second-order valence-corrected chi connectivity index (χ2v) is 6.32. The van der Waals surface area contributed by atoms with Crippen LogP contribution < -0.4 is 5.32 Å². The van der Waals surface area contributed by atoms with Gasteiger partial charge in [0.2, 0.25) is 0 Å². The summed E-state index contributed by atoms with van der Waals surface area (Å²) in [6.45, 7) is 0. The van der Waals surface area contributed by atoms with Gasteiger partial charge in [0.25, 0.3) is 0 Å². The molecule has 1 atom stereocenters. The molecule has 3 heteroatoms. The van der Waals surface area contributed by atoms with Gasteiger partial charge in [-0.1, -0.05) is 42.5 Å². The van der Waals surface area contributed by atoms with Crippen molar-refractivity contribution in [2.24, 2.45) is 0 Å². The van der Waals surface area contributed by atoms with Crippen molar-refractivity contribution in [1.82, 2.24) is 4.98 Å². The Morgan fingerprint density at radius 3 is 2.90 bits per heavy atom. The van der Waals surface area contributed by atoms with Crippen molar-refractivity contribution in [3.63, 3.8) is 0 Å². The molecule has 1 N–H and O–H groups in total. The molecule has 0 saturated heterocycles. The molecule has 0 radical (unpaired) electrons. The van der Waals surface area contributed by atoms with Crippen LogP contribution in [0.15, 0.2) is 60.8 Å². The number of hydrogen-bond acceptors (Lipinski definition) is 3. The van der Waals surface area contributed by atoms with Crippen molar-refractivity contribution in [1.29, 1.82) is 0 Å². The molecule has 2 aromatic carbocycles. The van der Waals surface area contributed by atoms with Gasteiger partial charge in [-0.3, -0.25) is 4.98 Å². The molecule has 0 amide bonds. The highest BCUT2D eigenvalue weighted by atomic mass is 32.2. The van der Waals surface area contributed by atoms with Gasteiger partial charge in [-0.25, -0.2) is 0 Å². The van der Waals surface area contributed by atoms with E-state index in [-0.39, 0.29) is 0 Å². The zero-order valence-electron chi connectivity index (χ0n) is 11.6. The van der Waals surface area contributed by atoms with E-state index in [9.17, 15) is 0 Å². The van der Waals surface area contributed by atoms with E-state index in [0.29, 0.717) is 6.04 Å². The molecule has 2 nitrogen and oxygen atoms in total. The Morgan fingerprint density at radius 2 is 1.90 bits per heavy atom. The normalized spacial score (nSPS) is 17.4. The first-order chi connectivity index (χ1) is 10.4. The topological polar surface area (TPSA) is 24.9 Å². The number of nitrogens with one attached hydrogen (secondary N) is 1. The number of benzene rings is 2. The first-order valence-corrected chi connectivity index (χ1v) is 8.33. The number of nitrogens with zero attached hydrogens (tertiary/aromatic N) is 1. The molecule has 1 unspecified atom stereocenters. The molecule has 1 aromatic heterocycles. The molecule has 1 aliphatic heterocycles. The highest BCUT2D eigenvalue weighted by Gasteiger charge is 2.20. The Labute approximate surface area is 128 Å². The zero-order valence-corrected chi connectivity index (χ0v) is 12.4. The van der Waals surface area contributed by atoms with Gasteiger partial charge in [0.15, 0.2) is 0 Å². The minimum Gasteiger partial charge on any atom is -0.376 e. The van der Waals surface area contributed by atoms with Crippen LogP contribution in [0.3, 0.4) is 0 Å². The Morgan fingerprint density at radius 1 is 1.00 bits per heavy atom. The monoisotopic (exact) mass is 292 g/mol. The van der Waals surface area contributed by atoms with Crippen molar-refractivity contribution in [3.05, 3.63) is 71.9 Å². The second kappa shape index (κ2) is 5.41. The number of hydrogen-bond donors (Lipinski definition) is 1. The van der Waals surface area contributed by atoms with Crippen LogP contribution in [0.25, 0.3) is 10.9 Å². The van der Waals surface area contributed by atoms with Gasteiger partial charge >= 0.3 is 0 Å². The second-order valence-electron chi connectivity index (χ2n) is 5.29. The van der Waals surface area contributed by atoms with Crippen LogP contribution in [0.1, 0.15) is 17.2 Å². The highest BCUT2D eigenvalue weighted by Crippen LogP contribution is 2.35. The van der Waals surface area contributed by atoms with Crippen molar-refractivity contribution in [2.75, 3.05) is 11.1 Å². The van der Waals surface area contributed by atoms with E-state index in [1.165, 1.54) is 16.5 Å². The summed E-state index contributed by atoms with van der Waals surface area (Å²) in [6.07, 6.45) is 1.86. The number of para-hydroxylation sites is 1. The Hall–Kier alpha value is -2.00. The molecule has 0 spiro atoms. The number of fused-ring (bicyclic) bond motifs is 2. The van der Waals surface area contributed by atoms with Gasteiger partial charge in [-0.05, 0) is 23.3 Å². The minimum absolute atomic E-state index is 0.354. The largest absolute Gasteiger partial charge is 0.376 e. The molecular formula is C18H16N2S. The smallest absolute Gasteiger partial charge is 0.0933 e. The maximum Gasteiger partial charge on any atom is 0.0933 e. The van der Waals surface area contributed by atoms with Crippen molar-refractivity contribution in [2.45, 2.75) is 11.8 Å². The first kappa shape index (κ1) is 12.7. The number of anilines is 1. The van der Waals surface area contributed by atoms with Crippen molar-refractivity contribution in [3.8, 4) is 0 Å². The third kappa shape index (κ3) is 2.38. The number of thioether (sulfide) groups is 1. The molecule has 1 aliphatic rings. The van der Waals surface area contributed by atoms with Crippen molar-refractivity contribution >= 4 is 28.4 Å². The first-order valence-electron chi connectivity index (χ1n) is 7.18. The van der Waals surface area contributed by atoms with Crippen LogP contribution in [0.4, 0.5) is 5.69 Å². The molecule has 0 aliphatic carbocycles. The van der Waals surface area contributed by atoms with Crippen LogP contribution in [0, 0.1) is 0 Å². The summed E-state index contributed by atoms with van der Waals surface area (Å²) in [4.78, 5) is 4.53. The predicted octanol–water partition coefficient (Wildman–Crippen LogP) is 4.63. The third-order valence-corrected chi connectivity index (χ3v) is 5.02. The van der Waals surface area contributed by atoms with Crippen LogP contribution in [0.5, 0.6) is 0 Å². The lowest BCUT2D eigenvalue weighted by molar-refractivity contribution is 0.872. The summed E-state index contributed by atoms with van der Waals surface area (Å²) in [5.41, 5.74) is 5.03. The molecule has 0 fully saturated rings. The number of rotatable bonds is 2. The van der Waals surface area contributed by atoms with Gasteiger partial charge in [-0.2, -0.15) is 11.8 Å². The average Bonchev–Trinajstić information content (AvgIpc) is 2.56. The van der Waals surface area contributed by atoms with E-state index in [2.05, 4.69) is 58.8 Å². The van der Waals surface area contributed by atoms with Crippen LogP contribution in [0.2, 0.25) is 0 Å². The Kier molecular flexibility index (Phi) is 3.28. The Bertz CT molecular complexity index is 780. The molecular weight excluding hydrogens is 276 g/mol. The van der Waals surface area contributed by atoms with Gasteiger partial charge in [0.05, 0.1) is 17.2 Å². The van der Waals surface area contributed by atoms with Crippen molar-refractivity contribution < 1.29 is 0 Å². The molecule has 104 valence electrons. The van der Waals surface area contributed by atoms with Gasteiger partial charge < -0.3 is 5.32 Å². The number of aromatic nitrogens is 1. The molecule has 0 saturated carbocycles. The maximum absolute atomic E-state index is 4.53. The van der Waals surface area contributed by atoms with Crippen LogP contribution >= 0.6 is 11.8 Å². The van der Waals surface area contributed by atoms with Crippen LogP contribution in [-0.2, 0) is 5.75 Å². The summed E-state index contributed by atoms with van der Waals surface area (Å²) in [5, 5.41) is 4.88. The van der Waals surface area contributed by atoms with Gasteiger partial charge in [0, 0.05) is 23.1 Å². The van der Waals surface area contributed by atoms with E-state index in [0.717, 1.165) is 22.7 Å². The summed E-state index contributed by atoms with van der Waals surface area (Å²) in [6, 6.07) is 19.5. The summed E-state index contributed by atoms with van der Waals surface area (Å²) >= 11 is 1.99. The number of pyridine rings is 1. The fraction of sp³-hybridized carbons (Fsp3) is 0.167. The zero-order chi connectivity index (χ0) is 14.1.